The van der Waals surface area contributed by atoms with Crippen molar-refractivity contribution in [3.8, 4) is 11.5 Å². The molecule has 0 saturated heterocycles. The van der Waals surface area contributed by atoms with Crippen LogP contribution in [0.15, 0.2) is 12.1 Å². The van der Waals surface area contributed by atoms with Gasteiger partial charge in [-0.1, -0.05) is 11.6 Å². The van der Waals surface area contributed by atoms with E-state index in [-0.39, 0.29) is 0 Å². The predicted molar refractivity (Wildman–Crippen MR) is 57.7 cm³/mol. The smallest absolute Gasteiger partial charge is 0.172 e. The van der Waals surface area contributed by atoms with E-state index in [0.717, 1.165) is 10.1 Å². The highest BCUT2D eigenvalue weighted by atomic mass is 35.5. The zero-order chi connectivity index (χ0) is 10.1. The Morgan fingerprint density at radius 3 is 2.71 bits per heavy atom. The van der Waals surface area contributed by atoms with Crippen molar-refractivity contribution < 1.29 is 9.47 Å². The maximum Gasteiger partial charge on any atom is 0.172 e. The number of hydrogen-bond acceptors (Lipinski definition) is 4. The molecule has 0 aliphatic heterocycles. The first kappa shape index (κ1) is 9.55. The third-order valence-electron chi connectivity index (χ3n) is 1.94. The van der Waals surface area contributed by atoms with Crippen molar-refractivity contribution in [3.63, 3.8) is 0 Å². The summed E-state index contributed by atoms with van der Waals surface area (Å²) in [5.74, 6) is 1.31. The second-order valence-corrected chi connectivity index (χ2v) is 3.81. The van der Waals surface area contributed by atoms with E-state index < -0.39 is 0 Å². The highest BCUT2D eigenvalue weighted by Gasteiger charge is 2.14. The molecule has 2 aromatic rings. The van der Waals surface area contributed by atoms with E-state index in [2.05, 4.69) is 4.37 Å². The monoisotopic (exact) mass is 229 g/mol. The van der Waals surface area contributed by atoms with Gasteiger partial charge in [0.15, 0.2) is 16.7 Å². The largest absolute Gasteiger partial charge is 0.493 e. The Hall–Kier alpha value is -1.00. The fourth-order valence-electron chi connectivity index (χ4n) is 1.32. The molecule has 0 saturated carbocycles. The molecule has 0 atom stereocenters. The van der Waals surface area contributed by atoms with Gasteiger partial charge in [-0.15, -0.1) is 0 Å². The first-order valence-electron chi connectivity index (χ1n) is 3.93. The fourth-order valence-corrected chi connectivity index (χ4v) is 2.34. The Labute approximate surface area is 90.4 Å². The summed E-state index contributed by atoms with van der Waals surface area (Å²) in [6.45, 7) is 0. The quantitative estimate of drug-likeness (QED) is 0.794. The van der Waals surface area contributed by atoms with Crippen LogP contribution in [0.25, 0.3) is 10.1 Å². The van der Waals surface area contributed by atoms with Gasteiger partial charge in [0.2, 0.25) is 0 Å². The molecule has 0 unspecified atom stereocenters. The SMILES string of the molecule is COc1ccc2snc(Cl)c2c1OC. The Morgan fingerprint density at radius 2 is 2.07 bits per heavy atom. The van der Waals surface area contributed by atoms with Crippen LogP contribution in [0.5, 0.6) is 11.5 Å². The van der Waals surface area contributed by atoms with Gasteiger partial charge in [-0.2, -0.15) is 4.37 Å². The highest BCUT2D eigenvalue weighted by molar-refractivity contribution is 7.13. The van der Waals surface area contributed by atoms with Crippen LogP contribution in [-0.2, 0) is 0 Å². The van der Waals surface area contributed by atoms with E-state index in [0.29, 0.717) is 16.7 Å². The summed E-state index contributed by atoms with van der Waals surface area (Å²) in [5.41, 5.74) is 0. The van der Waals surface area contributed by atoms with Gasteiger partial charge in [-0.05, 0) is 23.7 Å². The van der Waals surface area contributed by atoms with Gasteiger partial charge >= 0.3 is 0 Å². The lowest BCUT2D eigenvalue weighted by molar-refractivity contribution is 0.358. The molecule has 0 N–H and O–H groups in total. The lowest BCUT2D eigenvalue weighted by Gasteiger charge is -2.07. The van der Waals surface area contributed by atoms with Crippen molar-refractivity contribution in [1.29, 1.82) is 0 Å². The van der Waals surface area contributed by atoms with E-state index in [4.69, 9.17) is 21.1 Å². The van der Waals surface area contributed by atoms with Gasteiger partial charge < -0.3 is 9.47 Å². The topological polar surface area (TPSA) is 31.4 Å². The minimum atomic E-state index is 0.459. The Kier molecular flexibility index (Phi) is 2.48. The molecular weight excluding hydrogens is 222 g/mol. The molecule has 5 heteroatoms. The summed E-state index contributed by atoms with van der Waals surface area (Å²) in [4.78, 5) is 0. The molecule has 0 aliphatic rings. The Morgan fingerprint density at radius 1 is 1.29 bits per heavy atom. The minimum Gasteiger partial charge on any atom is -0.493 e. The first-order valence-corrected chi connectivity index (χ1v) is 5.09. The maximum atomic E-state index is 5.95. The number of aromatic nitrogens is 1. The molecule has 1 aromatic heterocycles. The lowest BCUT2D eigenvalue weighted by Crippen LogP contribution is -1.90. The van der Waals surface area contributed by atoms with Gasteiger partial charge in [-0.25, -0.2) is 0 Å². The molecule has 14 heavy (non-hydrogen) atoms. The van der Waals surface area contributed by atoms with E-state index in [1.807, 2.05) is 12.1 Å². The van der Waals surface area contributed by atoms with Crippen molar-refractivity contribution in [1.82, 2.24) is 4.37 Å². The van der Waals surface area contributed by atoms with Gasteiger partial charge in [0.05, 0.1) is 24.3 Å². The normalized spacial score (nSPS) is 10.5. The second-order valence-electron chi connectivity index (χ2n) is 2.65. The number of ether oxygens (including phenoxy) is 2. The molecule has 1 heterocycles. The van der Waals surface area contributed by atoms with Crippen LogP contribution < -0.4 is 9.47 Å². The zero-order valence-electron chi connectivity index (χ0n) is 7.70. The number of benzene rings is 1. The molecule has 0 aliphatic carbocycles. The molecule has 0 fully saturated rings. The van der Waals surface area contributed by atoms with Crippen molar-refractivity contribution in [3.05, 3.63) is 17.3 Å². The standard InChI is InChI=1S/C9H8ClNO2S/c1-12-5-3-4-6-7(8(5)13-2)9(10)11-14-6/h3-4H,1-2H3. The summed E-state index contributed by atoms with van der Waals surface area (Å²) in [5, 5.41) is 1.28. The minimum absolute atomic E-state index is 0.459. The third-order valence-corrected chi connectivity index (χ3v) is 3.12. The van der Waals surface area contributed by atoms with Crippen LogP contribution in [0.3, 0.4) is 0 Å². The van der Waals surface area contributed by atoms with Crippen LogP contribution in [0.4, 0.5) is 0 Å². The molecule has 1 aromatic carbocycles. The molecule has 2 rings (SSSR count). The Bertz CT molecular complexity index is 469. The van der Waals surface area contributed by atoms with Crippen molar-refractivity contribution in [2.45, 2.75) is 0 Å². The van der Waals surface area contributed by atoms with Crippen LogP contribution in [-0.4, -0.2) is 18.6 Å². The van der Waals surface area contributed by atoms with E-state index >= 15 is 0 Å². The summed E-state index contributed by atoms with van der Waals surface area (Å²) in [6.07, 6.45) is 0. The summed E-state index contributed by atoms with van der Waals surface area (Å²) in [7, 11) is 3.18. The van der Waals surface area contributed by atoms with Gasteiger partial charge in [-0.3, -0.25) is 0 Å². The number of hydrogen-bond donors (Lipinski definition) is 0. The predicted octanol–water partition coefficient (Wildman–Crippen LogP) is 2.97. The van der Waals surface area contributed by atoms with Crippen molar-refractivity contribution in [2.24, 2.45) is 0 Å². The number of fused-ring (bicyclic) bond motifs is 1. The van der Waals surface area contributed by atoms with Gasteiger partial charge in [0.25, 0.3) is 0 Å². The number of nitrogens with zero attached hydrogens (tertiary/aromatic N) is 1. The second kappa shape index (κ2) is 3.63. The molecule has 0 amide bonds. The van der Waals surface area contributed by atoms with Crippen LogP contribution in [0.2, 0.25) is 5.15 Å². The molecule has 0 bridgehead atoms. The maximum absolute atomic E-state index is 5.95. The number of rotatable bonds is 2. The number of methoxy groups -OCH3 is 2. The highest BCUT2D eigenvalue weighted by Crippen LogP contribution is 2.40. The van der Waals surface area contributed by atoms with Gasteiger partial charge in [0.1, 0.15) is 0 Å². The third kappa shape index (κ3) is 1.31. The van der Waals surface area contributed by atoms with E-state index in [1.54, 1.807) is 14.2 Å². The number of halogens is 1. The first-order chi connectivity index (χ1) is 6.77. The molecule has 0 spiro atoms. The Balaban J connectivity index is 2.81. The lowest BCUT2D eigenvalue weighted by atomic mass is 10.2. The van der Waals surface area contributed by atoms with Crippen LogP contribution >= 0.6 is 23.1 Å². The summed E-state index contributed by atoms with van der Waals surface area (Å²) < 4.78 is 15.5. The average Bonchev–Trinajstić information content (AvgIpc) is 2.59. The van der Waals surface area contributed by atoms with Crippen molar-refractivity contribution in [2.75, 3.05) is 14.2 Å². The summed E-state index contributed by atoms with van der Waals surface area (Å²) in [6, 6.07) is 3.76. The van der Waals surface area contributed by atoms with E-state index in [1.165, 1.54) is 11.5 Å². The van der Waals surface area contributed by atoms with Crippen LogP contribution in [0.1, 0.15) is 0 Å². The van der Waals surface area contributed by atoms with E-state index in [9.17, 15) is 0 Å². The van der Waals surface area contributed by atoms with Crippen molar-refractivity contribution >= 4 is 33.2 Å². The molecular formula is C9H8ClNO2S. The molecule has 74 valence electrons. The molecule has 3 nitrogen and oxygen atoms in total. The zero-order valence-corrected chi connectivity index (χ0v) is 9.28. The van der Waals surface area contributed by atoms with Crippen LogP contribution in [0, 0.1) is 0 Å². The summed E-state index contributed by atoms with van der Waals surface area (Å²) >= 11 is 7.29. The van der Waals surface area contributed by atoms with Gasteiger partial charge in [0, 0.05) is 0 Å². The fraction of sp³-hybridized carbons (Fsp3) is 0.222. The molecule has 0 radical (unpaired) electrons. The average molecular weight is 230 g/mol.